The molecule has 9 heteroatoms. The Labute approximate surface area is 102 Å². The Bertz CT molecular complexity index is 494. The summed E-state index contributed by atoms with van der Waals surface area (Å²) in [6, 6.07) is 0. The van der Waals surface area contributed by atoms with Crippen molar-refractivity contribution >= 4 is 47.3 Å². The van der Waals surface area contributed by atoms with E-state index in [0.717, 1.165) is 0 Å². The van der Waals surface area contributed by atoms with Crippen LogP contribution in [0.1, 0.15) is 12.0 Å². The standard InChI is InChI=1S/C6H2BrCl2F2NO2S/c7-5-3(8)4(15(9,13)14)2(1-12-5)6(10)11/h1,6H. The number of aromatic nitrogens is 1. The Morgan fingerprint density at radius 3 is 2.40 bits per heavy atom. The molecule has 0 unspecified atom stereocenters. The number of nitrogens with zero attached hydrogens (tertiary/aromatic N) is 1. The molecule has 1 aromatic rings. The molecule has 0 fully saturated rings. The van der Waals surface area contributed by atoms with Gasteiger partial charge in [0.2, 0.25) is 0 Å². The first-order valence-corrected chi connectivity index (χ1v) is 6.80. The Hall–Kier alpha value is 0.0200. The van der Waals surface area contributed by atoms with Crippen LogP contribution in [0.15, 0.2) is 15.7 Å². The predicted molar refractivity (Wildman–Crippen MR) is 54.9 cm³/mol. The molecule has 1 rings (SSSR count). The average Bonchev–Trinajstić information content (AvgIpc) is 2.06. The van der Waals surface area contributed by atoms with Crippen molar-refractivity contribution in [2.24, 2.45) is 0 Å². The zero-order chi connectivity index (χ0) is 11.8. The van der Waals surface area contributed by atoms with E-state index >= 15 is 0 Å². The SMILES string of the molecule is O=S(=O)(Cl)c1c(C(F)F)cnc(Br)c1Cl. The number of hydrogen-bond donors (Lipinski definition) is 0. The maximum absolute atomic E-state index is 12.4. The minimum atomic E-state index is -4.34. The summed E-state index contributed by atoms with van der Waals surface area (Å²) in [4.78, 5) is 2.64. The van der Waals surface area contributed by atoms with Crippen LogP contribution in [0.2, 0.25) is 5.02 Å². The van der Waals surface area contributed by atoms with E-state index in [2.05, 4.69) is 20.9 Å². The van der Waals surface area contributed by atoms with Gasteiger partial charge in [0.05, 0.1) is 10.6 Å². The van der Waals surface area contributed by atoms with Crippen molar-refractivity contribution in [3.05, 3.63) is 21.4 Å². The summed E-state index contributed by atoms with van der Waals surface area (Å²) in [5, 5.41) is -0.456. The molecular weight excluding hydrogens is 339 g/mol. The number of halogens is 5. The lowest BCUT2D eigenvalue weighted by Gasteiger charge is -2.07. The lowest BCUT2D eigenvalue weighted by molar-refractivity contribution is 0.147. The molecule has 1 heterocycles. The molecule has 1 aromatic heterocycles. The molecule has 0 radical (unpaired) electrons. The smallest absolute Gasteiger partial charge is 0.247 e. The monoisotopic (exact) mass is 339 g/mol. The summed E-state index contributed by atoms with van der Waals surface area (Å²) in [6.07, 6.45) is -2.32. The first-order valence-electron chi connectivity index (χ1n) is 3.32. The van der Waals surface area contributed by atoms with Gasteiger partial charge in [-0.05, 0) is 15.9 Å². The maximum atomic E-state index is 12.4. The molecular formula is C6H2BrCl2F2NO2S. The van der Waals surface area contributed by atoms with Crippen LogP contribution in [-0.2, 0) is 9.05 Å². The van der Waals surface area contributed by atoms with Gasteiger partial charge in [-0.3, -0.25) is 0 Å². The van der Waals surface area contributed by atoms with Crippen molar-refractivity contribution < 1.29 is 17.2 Å². The van der Waals surface area contributed by atoms with Crippen molar-refractivity contribution in [1.82, 2.24) is 4.98 Å². The highest BCUT2D eigenvalue weighted by atomic mass is 79.9. The van der Waals surface area contributed by atoms with Crippen LogP contribution in [0.25, 0.3) is 0 Å². The maximum Gasteiger partial charge on any atom is 0.266 e. The zero-order valence-electron chi connectivity index (χ0n) is 6.72. The second kappa shape index (κ2) is 4.48. The van der Waals surface area contributed by atoms with Crippen LogP contribution in [-0.4, -0.2) is 13.4 Å². The van der Waals surface area contributed by atoms with Gasteiger partial charge in [0, 0.05) is 16.9 Å². The Kier molecular flexibility index (Phi) is 3.91. The van der Waals surface area contributed by atoms with Crippen molar-refractivity contribution in [2.75, 3.05) is 0 Å². The molecule has 0 amide bonds. The third-order valence-electron chi connectivity index (χ3n) is 1.44. The summed E-state index contributed by atoms with van der Waals surface area (Å²) in [7, 11) is 0.649. The summed E-state index contributed by atoms with van der Waals surface area (Å²) in [5.74, 6) is 0. The van der Waals surface area contributed by atoms with E-state index in [0.29, 0.717) is 6.20 Å². The van der Waals surface area contributed by atoms with Gasteiger partial charge < -0.3 is 0 Å². The van der Waals surface area contributed by atoms with Gasteiger partial charge in [-0.15, -0.1) is 0 Å². The van der Waals surface area contributed by atoms with Gasteiger partial charge in [-0.2, -0.15) is 0 Å². The van der Waals surface area contributed by atoms with Gasteiger partial charge in [-0.25, -0.2) is 22.2 Å². The van der Waals surface area contributed by atoms with E-state index < -0.39 is 31.0 Å². The molecule has 15 heavy (non-hydrogen) atoms. The highest BCUT2D eigenvalue weighted by molar-refractivity contribution is 9.10. The molecule has 84 valence electrons. The fraction of sp³-hybridized carbons (Fsp3) is 0.167. The molecule has 0 aromatic carbocycles. The van der Waals surface area contributed by atoms with Gasteiger partial charge >= 0.3 is 0 Å². The molecule has 0 saturated heterocycles. The Morgan fingerprint density at radius 1 is 1.47 bits per heavy atom. The normalized spacial score (nSPS) is 12.1. The van der Waals surface area contributed by atoms with Crippen LogP contribution in [0.4, 0.5) is 8.78 Å². The molecule has 0 bridgehead atoms. The minimum Gasteiger partial charge on any atom is -0.247 e. The van der Waals surface area contributed by atoms with Gasteiger partial charge in [0.25, 0.3) is 15.5 Å². The first kappa shape index (κ1) is 13.1. The van der Waals surface area contributed by atoms with E-state index in [4.69, 9.17) is 22.3 Å². The number of rotatable bonds is 2. The first-order chi connectivity index (χ1) is 6.75. The molecule has 3 nitrogen and oxygen atoms in total. The minimum absolute atomic E-state index is 0.0622. The molecule has 0 atom stereocenters. The van der Waals surface area contributed by atoms with E-state index in [-0.39, 0.29) is 4.60 Å². The van der Waals surface area contributed by atoms with Crippen LogP contribution in [0.3, 0.4) is 0 Å². The summed E-state index contributed by atoms with van der Waals surface area (Å²) < 4.78 is 46.9. The van der Waals surface area contributed by atoms with Crippen LogP contribution in [0.5, 0.6) is 0 Å². The van der Waals surface area contributed by atoms with E-state index in [9.17, 15) is 17.2 Å². The lowest BCUT2D eigenvalue weighted by Crippen LogP contribution is -2.02. The van der Waals surface area contributed by atoms with Crippen LogP contribution < -0.4 is 0 Å². The van der Waals surface area contributed by atoms with E-state index in [1.807, 2.05) is 0 Å². The predicted octanol–water partition coefficient (Wildman–Crippen LogP) is 3.36. The van der Waals surface area contributed by atoms with Crippen molar-refractivity contribution in [1.29, 1.82) is 0 Å². The summed E-state index contributed by atoms with van der Waals surface area (Å²) >= 11 is 8.33. The van der Waals surface area contributed by atoms with Crippen LogP contribution >= 0.6 is 38.2 Å². The molecule has 0 saturated carbocycles. The largest absolute Gasteiger partial charge is 0.266 e. The molecule has 0 aliphatic rings. The molecule has 0 aliphatic heterocycles. The third-order valence-corrected chi connectivity index (χ3v) is 4.14. The highest BCUT2D eigenvalue weighted by Gasteiger charge is 2.27. The Balaban J connectivity index is 3.65. The number of pyridine rings is 1. The van der Waals surface area contributed by atoms with Gasteiger partial charge in [-0.1, -0.05) is 11.6 Å². The molecule has 0 N–H and O–H groups in total. The lowest BCUT2D eigenvalue weighted by atomic mass is 10.3. The third kappa shape index (κ3) is 2.77. The quantitative estimate of drug-likeness (QED) is 0.612. The van der Waals surface area contributed by atoms with Crippen LogP contribution in [0, 0.1) is 0 Å². The summed E-state index contributed by atoms with van der Waals surface area (Å²) in [6.45, 7) is 0. The van der Waals surface area contributed by atoms with Gasteiger partial charge in [0.15, 0.2) is 0 Å². The second-order valence-corrected chi connectivity index (χ2v) is 6.02. The number of hydrogen-bond acceptors (Lipinski definition) is 3. The zero-order valence-corrected chi connectivity index (χ0v) is 10.6. The number of alkyl halides is 2. The topological polar surface area (TPSA) is 47.0 Å². The molecule has 0 spiro atoms. The fourth-order valence-electron chi connectivity index (χ4n) is 0.865. The van der Waals surface area contributed by atoms with Crippen molar-refractivity contribution in [3.63, 3.8) is 0 Å². The van der Waals surface area contributed by atoms with Gasteiger partial charge in [0.1, 0.15) is 9.50 Å². The van der Waals surface area contributed by atoms with Crippen molar-refractivity contribution in [3.8, 4) is 0 Å². The second-order valence-electron chi connectivity index (χ2n) is 2.39. The molecule has 0 aliphatic carbocycles. The average molecular weight is 341 g/mol. The summed E-state index contributed by atoms with van der Waals surface area (Å²) in [5.41, 5.74) is -0.821. The van der Waals surface area contributed by atoms with E-state index in [1.165, 1.54) is 0 Å². The Morgan fingerprint density at radius 2 is 2.00 bits per heavy atom. The van der Waals surface area contributed by atoms with E-state index in [1.54, 1.807) is 0 Å². The highest BCUT2D eigenvalue weighted by Crippen LogP contribution is 2.36. The van der Waals surface area contributed by atoms with Crippen molar-refractivity contribution in [2.45, 2.75) is 11.3 Å². The fourth-order valence-corrected chi connectivity index (χ4v) is 3.11.